The van der Waals surface area contributed by atoms with Gasteiger partial charge in [0.05, 0.1) is 6.54 Å². The van der Waals surface area contributed by atoms with E-state index < -0.39 is 0 Å². The number of amides is 1. The van der Waals surface area contributed by atoms with Crippen molar-refractivity contribution in [3.8, 4) is 0 Å². The van der Waals surface area contributed by atoms with E-state index in [4.69, 9.17) is 0 Å². The molecule has 0 fully saturated rings. The van der Waals surface area contributed by atoms with Crippen LogP contribution >= 0.6 is 0 Å². The first-order valence-corrected chi connectivity index (χ1v) is 6.38. The van der Waals surface area contributed by atoms with E-state index in [-0.39, 0.29) is 42.8 Å². The number of benzene rings is 1. The van der Waals surface area contributed by atoms with Crippen LogP contribution in [0.25, 0.3) is 0 Å². The quantitative estimate of drug-likeness (QED) is 0.816. The number of carbonyl (C=O) groups is 3. The van der Waals surface area contributed by atoms with E-state index in [0.717, 1.165) is 0 Å². The molecule has 1 aromatic rings. The molecule has 1 N–H and O–H groups in total. The highest BCUT2D eigenvalue weighted by atomic mass is 16.2. The Balaban J connectivity index is 2.31. The fourth-order valence-corrected chi connectivity index (χ4v) is 1.51. The molecule has 0 aliphatic carbocycles. The minimum Gasteiger partial charge on any atom is -0.345 e. The third-order valence-corrected chi connectivity index (χ3v) is 2.78. The second-order valence-corrected chi connectivity index (χ2v) is 4.71. The molecule has 4 heteroatoms. The Kier molecular flexibility index (Phi) is 5.93. The van der Waals surface area contributed by atoms with E-state index in [1.54, 1.807) is 24.3 Å². The number of Topliss-reactive ketones (excluding diaryl/α,β-unsaturated/α-hetero) is 2. The second-order valence-electron chi connectivity index (χ2n) is 4.71. The van der Waals surface area contributed by atoms with Crippen molar-refractivity contribution in [1.82, 2.24) is 5.32 Å². The monoisotopic (exact) mass is 261 g/mol. The van der Waals surface area contributed by atoms with Crippen molar-refractivity contribution >= 4 is 17.5 Å². The number of rotatable bonds is 7. The number of ketones is 2. The van der Waals surface area contributed by atoms with E-state index in [1.807, 2.05) is 19.9 Å². The van der Waals surface area contributed by atoms with Crippen molar-refractivity contribution in [2.45, 2.75) is 26.7 Å². The Morgan fingerprint density at radius 2 is 1.68 bits per heavy atom. The van der Waals surface area contributed by atoms with Gasteiger partial charge in [-0.15, -0.1) is 0 Å². The van der Waals surface area contributed by atoms with Gasteiger partial charge in [0, 0.05) is 24.3 Å². The van der Waals surface area contributed by atoms with Crippen molar-refractivity contribution < 1.29 is 14.4 Å². The molecular formula is C15H19NO3. The SMILES string of the molecule is CC(C)C(=O)CCC(=O)CNC(=O)c1ccccc1. The molecule has 0 unspecified atom stereocenters. The fourth-order valence-electron chi connectivity index (χ4n) is 1.51. The van der Waals surface area contributed by atoms with Gasteiger partial charge in [0.25, 0.3) is 5.91 Å². The van der Waals surface area contributed by atoms with Crippen molar-refractivity contribution in [2.24, 2.45) is 5.92 Å². The minimum absolute atomic E-state index is 0.0287. The van der Waals surface area contributed by atoms with Gasteiger partial charge in [0.2, 0.25) is 0 Å². The Labute approximate surface area is 113 Å². The molecule has 4 nitrogen and oxygen atoms in total. The number of carbonyl (C=O) groups excluding carboxylic acids is 3. The van der Waals surface area contributed by atoms with Crippen LogP contribution in [0.4, 0.5) is 0 Å². The van der Waals surface area contributed by atoms with Crippen molar-refractivity contribution in [3.63, 3.8) is 0 Å². The topological polar surface area (TPSA) is 63.2 Å². The minimum atomic E-state index is -0.274. The number of hydrogen-bond acceptors (Lipinski definition) is 3. The van der Waals surface area contributed by atoms with E-state index in [9.17, 15) is 14.4 Å². The van der Waals surface area contributed by atoms with Gasteiger partial charge in [0.15, 0.2) is 5.78 Å². The molecule has 0 saturated carbocycles. The molecule has 102 valence electrons. The Morgan fingerprint density at radius 1 is 1.05 bits per heavy atom. The molecule has 0 saturated heterocycles. The van der Waals surface area contributed by atoms with Crippen LogP contribution in [-0.2, 0) is 9.59 Å². The predicted octanol–water partition coefficient (Wildman–Crippen LogP) is 1.99. The summed E-state index contributed by atoms with van der Waals surface area (Å²) < 4.78 is 0. The summed E-state index contributed by atoms with van der Waals surface area (Å²) in [5.74, 6) is -0.378. The van der Waals surface area contributed by atoms with Gasteiger partial charge < -0.3 is 5.32 Å². The van der Waals surface area contributed by atoms with Crippen LogP contribution in [0.15, 0.2) is 30.3 Å². The molecule has 0 bridgehead atoms. The van der Waals surface area contributed by atoms with Gasteiger partial charge in [-0.3, -0.25) is 14.4 Å². The van der Waals surface area contributed by atoms with Crippen LogP contribution < -0.4 is 5.32 Å². The average molecular weight is 261 g/mol. The van der Waals surface area contributed by atoms with Crippen LogP contribution in [0.3, 0.4) is 0 Å². The van der Waals surface area contributed by atoms with Crippen molar-refractivity contribution in [1.29, 1.82) is 0 Å². The fraction of sp³-hybridized carbons (Fsp3) is 0.400. The van der Waals surface area contributed by atoms with Gasteiger partial charge in [-0.25, -0.2) is 0 Å². The van der Waals surface area contributed by atoms with Crippen LogP contribution in [0, 0.1) is 5.92 Å². The number of nitrogens with one attached hydrogen (secondary N) is 1. The molecule has 0 spiro atoms. The molecule has 0 atom stereocenters. The first-order chi connectivity index (χ1) is 9.00. The Morgan fingerprint density at radius 3 is 2.26 bits per heavy atom. The predicted molar refractivity (Wildman–Crippen MR) is 72.9 cm³/mol. The zero-order valence-corrected chi connectivity index (χ0v) is 11.3. The molecular weight excluding hydrogens is 242 g/mol. The van der Waals surface area contributed by atoms with Gasteiger partial charge in [-0.1, -0.05) is 32.0 Å². The summed E-state index contributed by atoms with van der Waals surface area (Å²) >= 11 is 0. The summed E-state index contributed by atoms with van der Waals surface area (Å²) in [4.78, 5) is 34.6. The highest BCUT2D eigenvalue weighted by Crippen LogP contribution is 2.02. The zero-order valence-electron chi connectivity index (χ0n) is 11.3. The third-order valence-electron chi connectivity index (χ3n) is 2.78. The van der Waals surface area contributed by atoms with E-state index >= 15 is 0 Å². The molecule has 0 aromatic heterocycles. The first kappa shape index (κ1) is 15.1. The smallest absolute Gasteiger partial charge is 0.251 e. The molecule has 1 rings (SSSR count). The summed E-state index contributed by atoms with van der Waals surface area (Å²) in [6, 6.07) is 8.71. The summed E-state index contributed by atoms with van der Waals surface area (Å²) in [7, 11) is 0. The summed E-state index contributed by atoms with van der Waals surface area (Å²) in [5.41, 5.74) is 0.522. The summed E-state index contributed by atoms with van der Waals surface area (Å²) in [6.07, 6.45) is 0.434. The Bertz CT molecular complexity index is 452. The molecule has 19 heavy (non-hydrogen) atoms. The van der Waals surface area contributed by atoms with Crippen LogP contribution in [0.5, 0.6) is 0 Å². The van der Waals surface area contributed by atoms with Gasteiger partial charge in [-0.2, -0.15) is 0 Å². The molecule has 0 radical (unpaired) electrons. The lowest BCUT2D eigenvalue weighted by Gasteiger charge is -2.05. The normalized spacial score (nSPS) is 10.3. The van der Waals surface area contributed by atoms with Crippen LogP contribution in [0.1, 0.15) is 37.0 Å². The van der Waals surface area contributed by atoms with Gasteiger partial charge in [0.1, 0.15) is 5.78 Å². The first-order valence-electron chi connectivity index (χ1n) is 6.38. The molecule has 0 aliphatic heterocycles. The summed E-state index contributed by atoms with van der Waals surface area (Å²) in [5, 5.41) is 2.55. The number of hydrogen-bond donors (Lipinski definition) is 1. The van der Waals surface area contributed by atoms with Gasteiger partial charge in [-0.05, 0) is 12.1 Å². The average Bonchev–Trinajstić information content (AvgIpc) is 2.42. The summed E-state index contributed by atoms with van der Waals surface area (Å²) in [6.45, 7) is 3.59. The van der Waals surface area contributed by atoms with Crippen LogP contribution in [0.2, 0.25) is 0 Å². The maximum Gasteiger partial charge on any atom is 0.251 e. The molecule has 0 aliphatic rings. The van der Waals surface area contributed by atoms with Crippen molar-refractivity contribution in [2.75, 3.05) is 6.54 Å². The van der Waals surface area contributed by atoms with E-state index in [0.29, 0.717) is 5.56 Å². The molecule has 0 heterocycles. The zero-order chi connectivity index (χ0) is 14.3. The maximum atomic E-state index is 11.7. The largest absolute Gasteiger partial charge is 0.345 e. The van der Waals surface area contributed by atoms with Crippen molar-refractivity contribution in [3.05, 3.63) is 35.9 Å². The lowest BCUT2D eigenvalue weighted by Crippen LogP contribution is -2.29. The van der Waals surface area contributed by atoms with Gasteiger partial charge >= 0.3 is 0 Å². The van der Waals surface area contributed by atoms with Crippen LogP contribution in [-0.4, -0.2) is 24.0 Å². The third kappa shape index (κ3) is 5.46. The van der Waals surface area contributed by atoms with E-state index in [1.165, 1.54) is 0 Å². The lowest BCUT2D eigenvalue weighted by atomic mass is 10.0. The lowest BCUT2D eigenvalue weighted by molar-refractivity contribution is -0.125. The standard InChI is InChI=1S/C15H19NO3/c1-11(2)14(18)9-8-13(17)10-16-15(19)12-6-4-3-5-7-12/h3-7,11H,8-10H2,1-2H3,(H,16,19). The maximum absolute atomic E-state index is 11.7. The Hall–Kier alpha value is -1.97. The highest BCUT2D eigenvalue weighted by molar-refractivity contribution is 5.97. The van der Waals surface area contributed by atoms with E-state index in [2.05, 4.69) is 5.32 Å². The molecule has 1 amide bonds. The molecule has 1 aromatic carbocycles. The second kappa shape index (κ2) is 7.46. The highest BCUT2D eigenvalue weighted by Gasteiger charge is 2.11.